The lowest BCUT2D eigenvalue weighted by atomic mass is 10.0. The van der Waals surface area contributed by atoms with Crippen LogP contribution in [0.2, 0.25) is 0 Å². The van der Waals surface area contributed by atoms with Crippen molar-refractivity contribution in [3.63, 3.8) is 0 Å². The van der Waals surface area contributed by atoms with Crippen molar-refractivity contribution in [2.24, 2.45) is 0 Å². The second-order valence-electron chi connectivity index (χ2n) is 5.03. The van der Waals surface area contributed by atoms with Crippen LogP contribution < -0.4 is 0 Å². The number of hydrogen-bond acceptors (Lipinski definition) is 5. The number of aliphatic hydroxyl groups excluding tert-OH is 1. The molecule has 0 radical (unpaired) electrons. The van der Waals surface area contributed by atoms with Crippen molar-refractivity contribution in [1.29, 1.82) is 0 Å². The molecule has 1 saturated heterocycles. The van der Waals surface area contributed by atoms with Gasteiger partial charge in [0.2, 0.25) is 0 Å². The lowest BCUT2D eigenvalue weighted by Crippen LogP contribution is -2.40. The van der Waals surface area contributed by atoms with E-state index in [0.717, 1.165) is 5.56 Å². The maximum absolute atomic E-state index is 12.7. The van der Waals surface area contributed by atoms with Crippen LogP contribution in [0.5, 0.6) is 0 Å². The molecule has 7 heteroatoms. The van der Waals surface area contributed by atoms with Gasteiger partial charge in [-0.3, -0.25) is 4.98 Å². The SMILES string of the molecule is O=S(=O)(c1cccs1)N1CC[C@H](O)[C@@H]1Cc1ccncc1. The summed E-state index contributed by atoms with van der Waals surface area (Å²) >= 11 is 1.21. The molecule has 5 nitrogen and oxygen atoms in total. The van der Waals surface area contributed by atoms with Gasteiger partial charge in [-0.2, -0.15) is 4.31 Å². The quantitative estimate of drug-likeness (QED) is 0.925. The largest absolute Gasteiger partial charge is 0.391 e. The molecule has 2 aromatic heterocycles. The molecular formula is C14H16N2O3S2. The van der Waals surface area contributed by atoms with E-state index in [1.807, 2.05) is 12.1 Å². The Kier molecular flexibility index (Phi) is 4.08. The number of aromatic nitrogens is 1. The Morgan fingerprint density at radius 2 is 2.10 bits per heavy atom. The molecular weight excluding hydrogens is 308 g/mol. The molecule has 21 heavy (non-hydrogen) atoms. The van der Waals surface area contributed by atoms with E-state index in [4.69, 9.17) is 0 Å². The molecule has 0 aromatic carbocycles. The van der Waals surface area contributed by atoms with E-state index in [0.29, 0.717) is 23.6 Å². The second-order valence-corrected chi connectivity index (χ2v) is 8.10. The van der Waals surface area contributed by atoms with Crippen molar-refractivity contribution in [3.05, 3.63) is 47.6 Å². The summed E-state index contributed by atoms with van der Waals surface area (Å²) in [5.74, 6) is 0. The van der Waals surface area contributed by atoms with Crippen molar-refractivity contribution in [2.45, 2.75) is 29.2 Å². The van der Waals surface area contributed by atoms with E-state index in [9.17, 15) is 13.5 Å². The van der Waals surface area contributed by atoms with Crippen molar-refractivity contribution in [1.82, 2.24) is 9.29 Å². The molecule has 0 spiro atoms. The maximum atomic E-state index is 12.7. The van der Waals surface area contributed by atoms with Crippen molar-refractivity contribution < 1.29 is 13.5 Å². The third kappa shape index (κ3) is 2.87. The van der Waals surface area contributed by atoms with Crippen molar-refractivity contribution in [2.75, 3.05) is 6.54 Å². The summed E-state index contributed by atoms with van der Waals surface area (Å²) < 4.78 is 27.1. The fourth-order valence-corrected chi connectivity index (χ4v) is 5.42. The van der Waals surface area contributed by atoms with Gasteiger partial charge in [0.05, 0.1) is 12.1 Å². The molecule has 3 rings (SSSR count). The van der Waals surface area contributed by atoms with Crippen LogP contribution in [-0.2, 0) is 16.4 Å². The summed E-state index contributed by atoms with van der Waals surface area (Å²) in [6.07, 6.45) is 3.69. The van der Waals surface area contributed by atoms with Gasteiger partial charge >= 0.3 is 0 Å². The number of rotatable bonds is 4. The second kappa shape index (κ2) is 5.84. The van der Waals surface area contributed by atoms with Crippen LogP contribution in [0.1, 0.15) is 12.0 Å². The molecule has 3 heterocycles. The standard InChI is InChI=1S/C14H16N2O3S2/c17-13-5-8-16(21(18,19)14-2-1-9-20-14)12(13)10-11-3-6-15-7-4-11/h1-4,6-7,9,12-13,17H,5,8,10H2/t12-,13-/m0/s1. The van der Waals surface area contributed by atoms with Crippen molar-refractivity contribution >= 4 is 21.4 Å². The number of hydrogen-bond donors (Lipinski definition) is 1. The third-order valence-corrected chi connectivity index (χ3v) is 7.01. The molecule has 0 amide bonds. The van der Waals surface area contributed by atoms with Gasteiger partial charge in [-0.1, -0.05) is 6.07 Å². The highest BCUT2D eigenvalue weighted by Crippen LogP contribution is 2.30. The number of pyridine rings is 1. The van der Waals surface area contributed by atoms with Crippen molar-refractivity contribution in [3.8, 4) is 0 Å². The van der Waals surface area contributed by atoms with E-state index < -0.39 is 22.2 Å². The highest BCUT2D eigenvalue weighted by molar-refractivity contribution is 7.91. The van der Waals surface area contributed by atoms with Crippen LogP contribution in [0.4, 0.5) is 0 Å². The first-order chi connectivity index (χ1) is 10.1. The fraction of sp³-hybridized carbons (Fsp3) is 0.357. The molecule has 0 bridgehead atoms. The first kappa shape index (κ1) is 14.6. The molecule has 2 atom stereocenters. The van der Waals surface area contributed by atoms with Gasteiger partial charge in [0.25, 0.3) is 10.0 Å². The fourth-order valence-electron chi connectivity index (χ4n) is 2.63. The molecule has 1 aliphatic heterocycles. The average Bonchev–Trinajstić information content (AvgIpc) is 3.12. The lowest BCUT2D eigenvalue weighted by Gasteiger charge is -2.25. The number of aliphatic hydroxyl groups is 1. The normalized spacial score (nSPS) is 23.5. The highest BCUT2D eigenvalue weighted by Gasteiger charge is 2.41. The summed E-state index contributed by atoms with van der Waals surface area (Å²) in [5, 5.41) is 11.9. The summed E-state index contributed by atoms with van der Waals surface area (Å²) in [5.41, 5.74) is 0.974. The van der Waals surface area contributed by atoms with Crippen LogP contribution in [0.25, 0.3) is 0 Å². The Labute approximate surface area is 127 Å². The molecule has 0 unspecified atom stereocenters. The van der Waals surface area contributed by atoms with Gasteiger partial charge < -0.3 is 5.11 Å². The zero-order valence-electron chi connectivity index (χ0n) is 11.3. The minimum absolute atomic E-state index is 0.330. The Bertz CT molecular complexity index is 686. The van der Waals surface area contributed by atoms with Crippen LogP contribution in [0, 0.1) is 0 Å². The van der Waals surface area contributed by atoms with Crippen LogP contribution in [0.3, 0.4) is 0 Å². The maximum Gasteiger partial charge on any atom is 0.252 e. The molecule has 0 saturated carbocycles. The summed E-state index contributed by atoms with van der Waals surface area (Å²) in [7, 11) is -3.52. The summed E-state index contributed by atoms with van der Waals surface area (Å²) in [6.45, 7) is 0.358. The number of sulfonamides is 1. The monoisotopic (exact) mass is 324 g/mol. The summed E-state index contributed by atoms with van der Waals surface area (Å²) in [4.78, 5) is 3.95. The predicted molar refractivity (Wildman–Crippen MR) is 80.6 cm³/mol. The molecule has 1 aliphatic rings. The molecule has 1 fully saturated rings. The molecule has 112 valence electrons. The zero-order valence-corrected chi connectivity index (χ0v) is 12.9. The summed E-state index contributed by atoms with van der Waals surface area (Å²) in [6, 6.07) is 6.61. The van der Waals surface area contributed by atoms with E-state index in [-0.39, 0.29) is 0 Å². The van der Waals surface area contributed by atoms with Gasteiger partial charge in [0.15, 0.2) is 0 Å². The van der Waals surface area contributed by atoms with Gasteiger partial charge in [-0.15, -0.1) is 11.3 Å². The molecule has 0 aliphatic carbocycles. The highest BCUT2D eigenvalue weighted by atomic mass is 32.2. The molecule has 2 aromatic rings. The van der Waals surface area contributed by atoms with Crippen LogP contribution in [0.15, 0.2) is 46.2 Å². The first-order valence-corrected chi connectivity index (χ1v) is 9.03. The number of thiophene rings is 1. The van der Waals surface area contributed by atoms with E-state index in [1.165, 1.54) is 15.6 Å². The Morgan fingerprint density at radius 1 is 1.33 bits per heavy atom. The Hall–Kier alpha value is -1.28. The smallest absolute Gasteiger partial charge is 0.252 e. The number of nitrogens with zero attached hydrogens (tertiary/aromatic N) is 2. The van der Waals surface area contributed by atoms with Gasteiger partial charge in [-0.05, 0) is 42.0 Å². The average molecular weight is 324 g/mol. The van der Waals surface area contributed by atoms with Gasteiger partial charge in [-0.25, -0.2) is 8.42 Å². The Morgan fingerprint density at radius 3 is 2.76 bits per heavy atom. The zero-order chi connectivity index (χ0) is 14.9. The topological polar surface area (TPSA) is 70.5 Å². The third-order valence-electron chi connectivity index (χ3n) is 3.71. The first-order valence-electron chi connectivity index (χ1n) is 6.71. The van der Waals surface area contributed by atoms with Crippen LogP contribution in [-0.4, -0.2) is 41.5 Å². The van der Waals surface area contributed by atoms with Gasteiger partial charge in [0, 0.05) is 18.9 Å². The lowest BCUT2D eigenvalue weighted by molar-refractivity contribution is 0.142. The van der Waals surface area contributed by atoms with E-state index in [1.54, 1.807) is 29.9 Å². The minimum Gasteiger partial charge on any atom is -0.391 e. The predicted octanol–water partition coefficient (Wildman–Crippen LogP) is 1.51. The molecule has 1 N–H and O–H groups in total. The Balaban J connectivity index is 1.88. The minimum atomic E-state index is -3.52. The van der Waals surface area contributed by atoms with E-state index in [2.05, 4.69) is 4.98 Å². The van der Waals surface area contributed by atoms with Gasteiger partial charge in [0.1, 0.15) is 4.21 Å². The van der Waals surface area contributed by atoms with Crippen LogP contribution >= 0.6 is 11.3 Å². The van der Waals surface area contributed by atoms with E-state index >= 15 is 0 Å².